The van der Waals surface area contributed by atoms with Crippen molar-refractivity contribution in [2.45, 2.75) is 50.3 Å². The lowest BCUT2D eigenvalue weighted by Crippen LogP contribution is -2.32. The molecule has 2 aromatic rings. The van der Waals surface area contributed by atoms with E-state index >= 15 is 0 Å². The molecule has 1 saturated heterocycles. The maximum absolute atomic E-state index is 12.9. The van der Waals surface area contributed by atoms with E-state index in [-0.39, 0.29) is 34.8 Å². The smallest absolute Gasteiger partial charge is 0.230 e. The Bertz CT molecular complexity index is 1210. The van der Waals surface area contributed by atoms with Crippen molar-refractivity contribution in [2.24, 2.45) is 11.8 Å². The van der Waals surface area contributed by atoms with Crippen LogP contribution in [0.1, 0.15) is 44.6 Å². The molecule has 0 radical (unpaired) electrons. The van der Waals surface area contributed by atoms with Gasteiger partial charge in [-0.15, -0.1) is 0 Å². The predicted molar refractivity (Wildman–Crippen MR) is 138 cm³/mol. The molecule has 3 aliphatic rings. The molecule has 1 saturated carbocycles. The summed E-state index contributed by atoms with van der Waals surface area (Å²) >= 11 is 0. The molecule has 0 unspecified atom stereocenters. The van der Waals surface area contributed by atoms with E-state index in [4.69, 9.17) is 0 Å². The molecule has 8 heteroatoms. The summed E-state index contributed by atoms with van der Waals surface area (Å²) in [5.74, 6) is 0.466. The van der Waals surface area contributed by atoms with Crippen LogP contribution in [0.5, 0.6) is 0 Å². The fourth-order valence-corrected chi connectivity index (χ4v) is 6.23. The molecule has 0 spiro atoms. The molecule has 2 amide bonds. The fraction of sp³-hybridized carbons (Fsp3) is 0.481. The topological polar surface area (TPSA) is 86.8 Å². The van der Waals surface area contributed by atoms with Crippen LogP contribution in [-0.4, -0.2) is 45.6 Å². The van der Waals surface area contributed by atoms with Crippen LogP contribution < -0.4 is 15.1 Å². The Hall–Kier alpha value is -2.87. The number of hydrogen-bond acceptors (Lipinski definition) is 5. The van der Waals surface area contributed by atoms with Gasteiger partial charge < -0.3 is 15.1 Å². The van der Waals surface area contributed by atoms with Crippen molar-refractivity contribution in [3.05, 3.63) is 48.0 Å². The summed E-state index contributed by atoms with van der Waals surface area (Å²) in [7, 11) is -3.61. The third-order valence-electron chi connectivity index (χ3n) is 7.40. The first-order valence-electron chi connectivity index (χ1n) is 12.6. The Morgan fingerprint density at radius 2 is 1.69 bits per heavy atom. The van der Waals surface area contributed by atoms with Gasteiger partial charge >= 0.3 is 0 Å². The van der Waals surface area contributed by atoms with Crippen LogP contribution in [0.2, 0.25) is 0 Å². The molecular weight excluding hydrogens is 462 g/mol. The van der Waals surface area contributed by atoms with E-state index in [9.17, 15) is 18.0 Å². The number of hydrogen-bond donors (Lipinski definition) is 1. The molecule has 0 bridgehead atoms. The second-order valence-corrected chi connectivity index (χ2v) is 12.2. The van der Waals surface area contributed by atoms with Crippen LogP contribution in [0.15, 0.2) is 47.4 Å². The molecule has 2 aliphatic heterocycles. The second kappa shape index (κ2) is 9.64. The van der Waals surface area contributed by atoms with Gasteiger partial charge in [-0.25, -0.2) is 8.42 Å². The zero-order valence-corrected chi connectivity index (χ0v) is 21.0. The number of rotatable bonds is 7. The third-order valence-corrected chi connectivity index (χ3v) is 9.11. The number of carbonyl (C=O) groups is 2. The minimum absolute atomic E-state index is 0.114. The summed E-state index contributed by atoms with van der Waals surface area (Å²) in [6, 6.07) is 12.7. The van der Waals surface area contributed by atoms with Crippen molar-refractivity contribution in [3.63, 3.8) is 0 Å². The van der Waals surface area contributed by atoms with Gasteiger partial charge in [-0.3, -0.25) is 9.59 Å². The van der Waals surface area contributed by atoms with Gasteiger partial charge in [0.05, 0.1) is 10.6 Å². The van der Waals surface area contributed by atoms with Gasteiger partial charge in [0, 0.05) is 49.0 Å². The minimum atomic E-state index is -3.61. The maximum atomic E-state index is 12.9. The monoisotopic (exact) mass is 495 g/mol. The molecule has 2 fully saturated rings. The molecule has 35 heavy (non-hydrogen) atoms. The van der Waals surface area contributed by atoms with Crippen molar-refractivity contribution in [1.82, 2.24) is 0 Å². The highest BCUT2D eigenvalue weighted by Gasteiger charge is 2.36. The van der Waals surface area contributed by atoms with Crippen LogP contribution in [0, 0.1) is 11.8 Å². The van der Waals surface area contributed by atoms with Crippen molar-refractivity contribution in [3.8, 4) is 0 Å². The molecule has 5 rings (SSSR count). The first-order valence-corrected chi connectivity index (χ1v) is 14.3. The Balaban J connectivity index is 1.16. The first kappa shape index (κ1) is 23.9. The number of benzene rings is 2. The lowest BCUT2D eigenvalue weighted by Gasteiger charge is -2.32. The molecule has 186 valence electrons. The van der Waals surface area contributed by atoms with Crippen molar-refractivity contribution >= 4 is 38.7 Å². The van der Waals surface area contributed by atoms with Gasteiger partial charge in [-0.1, -0.05) is 6.92 Å². The van der Waals surface area contributed by atoms with Crippen molar-refractivity contribution in [1.29, 1.82) is 0 Å². The van der Waals surface area contributed by atoms with Gasteiger partial charge in [-0.05, 0) is 86.1 Å². The summed E-state index contributed by atoms with van der Waals surface area (Å²) in [4.78, 5) is 29.3. The highest BCUT2D eigenvalue weighted by atomic mass is 32.2. The number of sulfone groups is 1. The first-order chi connectivity index (χ1) is 16.8. The lowest BCUT2D eigenvalue weighted by atomic mass is 9.99. The number of fused-ring (bicyclic) bond motifs is 1. The standard InChI is InChI=1S/C27H33N3O4S/c1-19-10-14-29(15-11-19)23-6-4-22(5-7-23)28-26(31)13-17-35(33,34)24-8-9-25-21(18-24)12-16-30(25)27(32)20-2-3-20/h4-9,18-20H,2-3,10-17H2,1H3,(H,28,31). The number of nitrogens with zero attached hydrogens (tertiary/aromatic N) is 2. The predicted octanol–water partition coefficient (Wildman–Crippen LogP) is 4.02. The normalized spacial score (nSPS) is 18.4. The zero-order valence-electron chi connectivity index (χ0n) is 20.2. The second-order valence-electron chi connectivity index (χ2n) is 10.1. The minimum Gasteiger partial charge on any atom is -0.372 e. The van der Waals surface area contributed by atoms with Gasteiger partial charge in [-0.2, -0.15) is 0 Å². The third kappa shape index (κ3) is 5.37. The van der Waals surface area contributed by atoms with Crippen molar-refractivity contribution in [2.75, 3.05) is 40.5 Å². The number of anilines is 3. The summed E-state index contributed by atoms with van der Waals surface area (Å²) in [5.41, 5.74) is 3.51. The fourth-order valence-electron chi connectivity index (χ4n) is 4.94. The van der Waals surface area contributed by atoms with Crippen molar-refractivity contribution < 1.29 is 18.0 Å². The molecule has 1 N–H and O–H groups in total. The Morgan fingerprint density at radius 1 is 0.971 bits per heavy atom. The van der Waals surface area contributed by atoms with E-state index in [1.165, 1.54) is 12.8 Å². The summed E-state index contributed by atoms with van der Waals surface area (Å²) in [6.45, 7) is 4.98. The van der Waals surface area contributed by atoms with Gasteiger partial charge in [0.1, 0.15) is 0 Å². The SMILES string of the molecule is CC1CCN(c2ccc(NC(=O)CCS(=O)(=O)c3ccc4c(c3)CCN4C(=O)C3CC3)cc2)CC1. The van der Waals surface area contributed by atoms with E-state index in [1.807, 2.05) is 24.3 Å². The van der Waals surface area contributed by atoms with Crippen LogP contribution in [0.3, 0.4) is 0 Å². The molecule has 7 nitrogen and oxygen atoms in total. The van der Waals surface area contributed by atoms with Crippen LogP contribution in [-0.2, 0) is 25.8 Å². The van der Waals surface area contributed by atoms with Gasteiger partial charge in [0.15, 0.2) is 9.84 Å². The van der Waals surface area contributed by atoms with E-state index in [0.29, 0.717) is 18.7 Å². The molecule has 0 aromatic heterocycles. The van der Waals surface area contributed by atoms with E-state index in [2.05, 4.69) is 17.1 Å². The van der Waals surface area contributed by atoms with E-state index in [0.717, 1.165) is 48.8 Å². The number of carbonyl (C=O) groups excluding carboxylic acids is 2. The molecular formula is C27H33N3O4S. The maximum Gasteiger partial charge on any atom is 0.230 e. The largest absolute Gasteiger partial charge is 0.372 e. The molecule has 1 aliphatic carbocycles. The highest BCUT2D eigenvalue weighted by Crippen LogP contribution is 2.37. The van der Waals surface area contributed by atoms with Gasteiger partial charge in [0.25, 0.3) is 0 Å². The zero-order chi connectivity index (χ0) is 24.6. The summed E-state index contributed by atoms with van der Waals surface area (Å²) < 4.78 is 25.8. The average Bonchev–Trinajstić information content (AvgIpc) is 3.62. The van der Waals surface area contributed by atoms with E-state index in [1.54, 1.807) is 23.1 Å². The average molecular weight is 496 g/mol. The Morgan fingerprint density at radius 3 is 2.37 bits per heavy atom. The number of nitrogens with one attached hydrogen (secondary N) is 1. The van der Waals surface area contributed by atoms with E-state index < -0.39 is 9.84 Å². The van der Waals surface area contributed by atoms with Gasteiger partial charge in [0.2, 0.25) is 11.8 Å². The van der Waals surface area contributed by atoms with Crippen LogP contribution >= 0.6 is 0 Å². The summed E-state index contributed by atoms with van der Waals surface area (Å²) in [5, 5.41) is 2.81. The van der Waals surface area contributed by atoms with Crippen LogP contribution in [0.25, 0.3) is 0 Å². The Labute approximate surface area is 207 Å². The quantitative estimate of drug-likeness (QED) is 0.627. The highest BCUT2D eigenvalue weighted by molar-refractivity contribution is 7.91. The Kier molecular flexibility index (Phi) is 6.57. The summed E-state index contributed by atoms with van der Waals surface area (Å²) in [6.07, 6.45) is 4.81. The molecule has 2 heterocycles. The molecule has 2 aromatic carbocycles. The van der Waals surface area contributed by atoms with Crippen LogP contribution in [0.4, 0.5) is 17.1 Å². The molecule has 0 atom stereocenters. The number of piperidine rings is 1. The number of amides is 2. The lowest BCUT2D eigenvalue weighted by molar-refractivity contribution is -0.119.